The van der Waals surface area contributed by atoms with Gasteiger partial charge in [-0.15, -0.1) is 11.3 Å². The molecule has 0 unspecified atom stereocenters. The van der Waals surface area contributed by atoms with Crippen LogP contribution in [0.15, 0.2) is 67.5 Å². The normalized spacial score (nSPS) is 15.3. The van der Waals surface area contributed by atoms with Crippen molar-refractivity contribution in [3.8, 4) is 11.3 Å². The van der Waals surface area contributed by atoms with Crippen LogP contribution in [0.1, 0.15) is 21.7 Å². The van der Waals surface area contributed by atoms with Gasteiger partial charge in [-0.05, 0) is 48.4 Å². The topological polar surface area (TPSA) is 126 Å². The zero-order valence-electron chi connectivity index (χ0n) is 22.2. The highest BCUT2D eigenvalue weighted by molar-refractivity contribution is 7.20. The first-order valence-electron chi connectivity index (χ1n) is 13.2. The molecule has 0 spiro atoms. The van der Waals surface area contributed by atoms with Gasteiger partial charge in [-0.2, -0.15) is 4.58 Å². The molecule has 0 radical (unpaired) electrons. The summed E-state index contributed by atoms with van der Waals surface area (Å²) in [6.07, 6.45) is 9.51. The van der Waals surface area contributed by atoms with Crippen LogP contribution in [0, 0.1) is 0 Å². The summed E-state index contributed by atoms with van der Waals surface area (Å²) in [5, 5.41) is 2.69. The number of hydrogen-bond donors (Lipinski definition) is 2. The Kier molecular flexibility index (Phi) is 7.36. The SMILES string of the molecule is C=CC(=O)Nc1ccc(C(=O)N2CC=C(c3cc4nc(-c5cnc(N)nc5)cc([N+]5=CCOCC5)c4s3)CC2)cc1. The predicted molar refractivity (Wildman–Crippen MR) is 160 cm³/mol. The number of rotatable bonds is 6. The second-order valence-corrected chi connectivity index (χ2v) is 10.7. The lowest BCUT2D eigenvalue weighted by molar-refractivity contribution is -0.448. The molecule has 1 aromatic carbocycles. The van der Waals surface area contributed by atoms with E-state index in [1.165, 1.54) is 11.6 Å². The molecule has 2 aliphatic heterocycles. The fraction of sp³-hybridized carbons (Fsp3) is 0.200. The third-order valence-corrected chi connectivity index (χ3v) is 8.25. The summed E-state index contributed by atoms with van der Waals surface area (Å²) in [6.45, 7) is 6.55. The largest absolute Gasteiger partial charge is 0.368 e. The quantitative estimate of drug-likeness (QED) is 0.265. The molecule has 10 nitrogen and oxygen atoms in total. The van der Waals surface area contributed by atoms with Crippen molar-refractivity contribution in [1.82, 2.24) is 19.9 Å². The molecule has 3 aromatic heterocycles. The van der Waals surface area contributed by atoms with Crippen molar-refractivity contribution in [2.75, 3.05) is 43.9 Å². The fourth-order valence-corrected chi connectivity index (χ4v) is 6.04. The summed E-state index contributed by atoms with van der Waals surface area (Å²) in [4.78, 5) is 40.9. The lowest BCUT2D eigenvalue weighted by Gasteiger charge is -2.26. The minimum atomic E-state index is -0.292. The zero-order chi connectivity index (χ0) is 28.3. The van der Waals surface area contributed by atoms with Gasteiger partial charge in [0.25, 0.3) is 5.91 Å². The smallest absolute Gasteiger partial charge is 0.254 e. The third kappa shape index (κ3) is 5.63. The Hall–Kier alpha value is -4.74. The minimum absolute atomic E-state index is 0.0413. The number of pyridine rings is 1. The highest BCUT2D eigenvalue weighted by atomic mass is 32.1. The predicted octanol–water partition coefficient (Wildman–Crippen LogP) is 4.13. The van der Waals surface area contributed by atoms with Crippen LogP contribution in [0.3, 0.4) is 0 Å². The van der Waals surface area contributed by atoms with Crippen LogP contribution < -0.4 is 11.1 Å². The van der Waals surface area contributed by atoms with Gasteiger partial charge in [0.2, 0.25) is 17.5 Å². The number of nitrogens with zero attached hydrogens (tertiary/aromatic N) is 5. The van der Waals surface area contributed by atoms with Gasteiger partial charge >= 0.3 is 0 Å². The van der Waals surface area contributed by atoms with Crippen molar-refractivity contribution in [3.05, 3.63) is 78.0 Å². The minimum Gasteiger partial charge on any atom is -0.368 e. The Morgan fingerprint density at radius 1 is 1.17 bits per heavy atom. The van der Waals surface area contributed by atoms with E-state index in [4.69, 9.17) is 15.5 Å². The fourth-order valence-electron chi connectivity index (χ4n) is 4.84. The maximum Gasteiger partial charge on any atom is 0.254 e. The molecule has 4 aromatic rings. The van der Waals surface area contributed by atoms with E-state index in [0.29, 0.717) is 37.6 Å². The number of thiophene rings is 1. The monoisotopic (exact) mass is 566 g/mol. The van der Waals surface area contributed by atoms with Crippen LogP contribution in [0.5, 0.6) is 0 Å². The number of aromatic nitrogens is 3. The summed E-state index contributed by atoms with van der Waals surface area (Å²) in [6, 6.07) is 11.1. The summed E-state index contributed by atoms with van der Waals surface area (Å²) in [5.74, 6) is -0.111. The number of ether oxygens (including phenoxy) is 1. The zero-order valence-corrected chi connectivity index (χ0v) is 23.1. The number of carbonyl (C=O) groups excluding carboxylic acids is 2. The van der Waals surface area contributed by atoms with Crippen molar-refractivity contribution in [3.63, 3.8) is 0 Å². The van der Waals surface area contributed by atoms with E-state index in [0.717, 1.165) is 45.0 Å². The first kappa shape index (κ1) is 26.5. The molecule has 0 saturated carbocycles. The van der Waals surface area contributed by atoms with Gasteiger partial charge in [0.05, 0.1) is 11.2 Å². The molecule has 3 N–H and O–H groups in total. The molecule has 5 heterocycles. The van der Waals surface area contributed by atoms with Gasteiger partial charge in [0.15, 0.2) is 12.8 Å². The number of carbonyl (C=O) groups is 2. The van der Waals surface area contributed by atoms with E-state index in [2.05, 4.69) is 50.9 Å². The number of benzene rings is 1. The Bertz CT molecular complexity index is 1710. The third-order valence-electron chi connectivity index (χ3n) is 7.02. The van der Waals surface area contributed by atoms with E-state index in [1.807, 2.05) is 4.90 Å². The number of nitrogen functional groups attached to an aromatic ring is 1. The highest BCUT2D eigenvalue weighted by Crippen LogP contribution is 2.39. The van der Waals surface area contributed by atoms with Crippen molar-refractivity contribution in [2.24, 2.45) is 0 Å². The molecule has 0 aliphatic carbocycles. The van der Waals surface area contributed by atoms with Crippen LogP contribution >= 0.6 is 11.3 Å². The summed E-state index contributed by atoms with van der Waals surface area (Å²) in [5.41, 5.74) is 11.6. The van der Waals surface area contributed by atoms with Crippen molar-refractivity contribution >= 4 is 62.5 Å². The van der Waals surface area contributed by atoms with Gasteiger partial charge < -0.3 is 20.7 Å². The van der Waals surface area contributed by atoms with Crippen LogP contribution in [0.25, 0.3) is 27.0 Å². The Balaban J connectivity index is 1.26. The molecule has 41 heavy (non-hydrogen) atoms. The van der Waals surface area contributed by atoms with E-state index in [-0.39, 0.29) is 17.8 Å². The summed E-state index contributed by atoms with van der Waals surface area (Å²) in [7, 11) is 0. The highest BCUT2D eigenvalue weighted by Gasteiger charge is 2.24. The molecule has 0 saturated heterocycles. The van der Waals surface area contributed by atoms with E-state index >= 15 is 0 Å². The van der Waals surface area contributed by atoms with Crippen LogP contribution in [0.4, 0.5) is 17.3 Å². The van der Waals surface area contributed by atoms with Crippen molar-refractivity contribution in [2.45, 2.75) is 6.42 Å². The lowest BCUT2D eigenvalue weighted by Crippen LogP contribution is -2.34. The van der Waals surface area contributed by atoms with Crippen LogP contribution in [-0.4, -0.2) is 75.3 Å². The van der Waals surface area contributed by atoms with Crippen LogP contribution in [-0.2, 0) is 9.53 Å². The van der Waals surface area contributed by atoms with E-state index < -0.39 is 0 Å². The first-order valence-corrected chi connectivity index (χ1v) is 14.0. The molecule has 0 atom stereocenters. The first-order chi connectivity index (χ1) is 20.0. The lowest BCUT2D eigenvalue weighted by atomic mass is 10.0. The van der Waals surface area contributed by atoms with Gasteiger partial charge in [0, 0.05) is 53.2 Å². The van der Waals surface area contributed by atoms with E-state index in [9.17, 15) is 9.59 Å². The van der Waals surface area contributed by atoms with Gasteiger partial charge in [-0.3, -0.25) is 9.59 Å². The maximum absolute atomic E-state index is 13.1. The Labute approximate surface area is 240 Å². The molecule has 2 aliphatic rings. The number of fused-ring (bicyclic) bond motifs is 1. The average Bonchev–Trinajstić information content (AvgIpc) is 3.46. The standard InChI is InChI=1S/C30H27N7O3S/c1-2-27(38)34-22-5-3-20(4-6-22)29(39)37-9-7-19(8-10-37)26-16-24-28(41-26)25(36-11-13-40-14-12-36)15-23(35-24)21-17-32-30(31)33-18-21/h2-7,11,15-18H,1,8-10,12-14H2,(H2-,31,32,33,34,35,38,39)/p+1. The molecule has 0 fully saturated rings. The second-order valence-electron chi connectivity index (χ2n) is 9.63. The number of hydrogen-bond acceptors (Lipinski definition) is 8. The second kappa shape index (κ2) is 11.4. The molecule has 2 amide bonds. The van der Waals surface area contributed by atoms with Crippen LogP contribution in [0.2, 0.25) is 0 Å². The Morgan fingerprint density at radius 2 is 1.98 bits per heavy atom. The number of amides is 2. The van der Waals surface area contributed by atoms with Gasteiger partial charge in [0.1, 0.15) is 17.9 Å². The number of anilines is 2. The van der Waals surface area contributed by atoms with Crippen molar-refractivity contribution in [1.29, 1.82) is 0 Å². The van der Waals surface area contributed by atoms with Gasteiger partial charge in [-0.25, -0.2) is 15.0 Å². The molecular weight excluding hydrogens is 538 g/mol. The summed E-state index contributed by atoms with van der Waals surface area (Å²) < 4.78 is 8.86. The maximum atomic E-state index is 13.1. The Morgan fingerprint density at radius 3 is 2.66 bits per heavy atom. The average molecular weight is 567 g/mol. The molecule has 11 heteroatoms. The number of nitrogens with one attached hydrogen (secondary N) is 1. The summed E-state index contributed by atoms with van der Waals surface area (Å²) >= 11 is 1.72. The molecular formula is C30H28N7O3S+. The number of nitrogens with two attached hydrogens (primary N) is 1. The molecule has 206 valence electrons. The molecule has 6 rings (SSSR count). The van der Waals surface area contributed by atoms with Crippen molar-refractivity contribution < 1.29 is 18.9 Å². The van der Waals surface area contributed by atoms with E-state index in [1.54, 1.807) is 48.0 Å². The van der Waals surface area contributed by atoms with Gasteiger partial charge in [-0.1, -0.05) is 12.7 Å². The molecule has 0 bridgehead atoms.